The maximum atomic E-state index is 12.1. The number of carbonyl (C=O) groups is 1. The van der Waals surface area contributed by atoms with E-state index in [1.807, 2.05) is 30.3 Å². The second-order valence-electron chi connectivity index (χ2n) is 3.85. The standard InChI is InChI=1S/C14H8BrNO2/c15-13-6-5-12(18-13)14(17)10-7-9-3-1-2-4-11(9)16-8-10/h1-8H. The van der Waals surface area contributed by atoms with Crippen molar-refractivity contribution in [1.29, 1.82) is 0 Å². The summed E-state index contributed by atoms with van der Waals surface area (Å²) in [4.78, 5) is 16.4. The average Bonchev–Trinajstić information content (AvgIpc) is 2.84. The number of benzene rings is 1. The van der Waals surface area contributed by atoms with Crippen molar-refractivity contribution in [3.63, 3.8) is 0 Å². The Bertz CT molecular complexity index is 733. The van der Waals surface area contributed by atoms with Gasteiger partial charge in [0.1, 0.15) is 0 Å². The molecule has 0 atom stereocenters. The van der Waals surface area contributed by atoms with Gasteiger partial charge in [-0.1, -0.05) is 18.2 Å². The molecule has 3 nitrogen and oxygen atoms in total. The van der Waals surface area contributed by atoms with Gasteiger partial charge in [-0.25, -0.2) is 0 Å². The number of nitrogens with zero attached hydrogens (tertiary/aromatic N) is 1. The zero-order chi connectivity index (χ0) is 12.5. The summed E-state index contributed by atoms with van der Waals surface area (Å²) < 4.78 is 5.79. The van der Waals surface area contributed by atoms with Crippen molar-refractivity contribution in [3.8, 4) is 0 Å². The number of hydrogen-bond donors (Lipinski definition) is 0. The van der Waals surface area contributed by atoms with Gasteiger partial charge in [-0.3, -0.25) is 9.78 Å². The van der Waals surface area contributed by atoms with Crippen molar-refractivity contribution in [2.24, 2.45) is 0 Å². The largest absolute Gasteiger partial charge is 0.446 e. The topological polar surface area (TPSA) is 43.1 Å². The van der Waals surface area contributed by atoms with Crippen LogP contribution in [0.25, 0.3) is 10.9 Å². The molecule has 0 aliphatic rings. The van der Waals surface area contributed by atoms with Gasteiger partial charge in [0.25, 0.3) is 0 Å². The summed E-state index contributed by atoms with van der Waals surface area (Å²) >= 11 is 3.18. The third-order valence-corrected chi connectivity index (χ3v) is 3.08. The molecule has 0 N–H and O–H groups in total. The Balaban J connectivity index is 2.06. The summed E-state index contributed by atoms with van der Waals surface area (Å²) in [6.07, 6.45) is 1.57. The number of pyridine rings is 1. The number of rotatable bonds is 2. The number of hydrogen-bond acceptors (Lipinski definition) is 3. The van der Waals surface area contributed by atoms with Crippen molar-refractivity contribution < 1.29 is 9.21 Å². The molecule has 88 valence electrons. The molecular formula is C14H8BrNO2. The molecule has 0 bridgehead atoms. The van der Waals surface area contributed by atoms with E-state index in [0.717, 1.165) is 10.9 Å². The van der Waals surface area contributed by atoms with Gasteiger partial charge in [-0.05, 0) is 40.2 Å². The molecule has 0 radical (unpaired) electrons. The highest BCUT2D eigenvalue weighted by atomic mass is 79.9. The van der Waals surface area contributed by atoms with Crippen LogP contribution >= 0.6 is 15.9 Å². The van der Waals surface area contributed by atoms with Gasteiger partial charge >= 0.3 is 0 Å². The first kappa shape index (κ1) is 11.2. The molecule has 0 unspecified atom stereocenters. The molecule has 2 aromatic heterocycles. The van der Waals surface area contributed by atoms with E-state index >= 15 is 0 Å². The van der Waals surface area contributed by atoms with Crippen molar-refractivity contribution >= 4 is 32.6 Å². The quantitative estimate of drug-likeness (QED) is 0.676. The summed E-state index contributed by atoms with van der Waals surface area (Å²) in [5.41, 5.74) is 1.39. The number of halogens is 1. The third-order valence-electron chi connectivity index (χ3n) is 2.65. The molecule has 2 heterocycles. The fraction of sp³-hybridized carbons (Fsp3) is 0. The Kier molecular flexibility index (Phi) is 2.72. The van der Waals surface area contributed by atoms with Crippen molar-refractivity contribution in [2.75, 3.05) is 0 Å². The lowest BCUT2D eigenvalue weighted by Crippen LogP contribution is -2.00. The Labute approximate surface area is 112 Å². The van der Waals surface area contributed by atoms with Gasteiger partial charge in [-0.15, -0.1) is 0 Å². The molecule has 0 fully saturated rings. The number of furan rings is 1. The predicted octanol–water partition coefficient (Wildman–Crippen LogP) is 3.82. The number of aromatic nitrogens is 1. The summed E-state index contributed by atoms with van der Waals surface area (Å²) in [6, 6.07) is 12.8. The molecule has 4 heteroatoms. The monoisotopic (exact) mass is 301 g/mol. The zero-order valence-corrected chi connectivity index (χ0v) is 10.8. The number of para-hydroxylation sites is 1. The average molecular weight is 302 g/mol. The maximum Gasteiger partial charge on any atom is 0.229 e. The SMILES string of the molecule is O=C(c1cnc2ccccc2c1)c1ccc(Br)o1. The van der Waals surface area contributed by atoms with E-state index in [4.69, 9.17) is 4.42 Å². The summed E-state index contributed by atoms with van der Waals surface area (Å²) in [7, 11) is 0. The smallest absolute Gasteiger partial charge is 0.229 e. The van der Waals surface area contributed by atoms with E-state index in [1.165, 1.54) is 0 Å². The fourth-order valence-corrected chi connectivity index (χ4v) is 2.08. The molecule has 18 heavy (non-hydrogen) atoms. The first-order valence-electron chi connectivity index (χ1n) is 5.39. The number of fused-ring (bicyclic) bond motifs is 1. The first-order valence-corrected chi connectivity index (χ1v) is 6.18. The van der Waals surface area contributed by atoms with Crippen LogP contribution in [0.2, 0.25) is 0 Å². The number of carbonyl (C=O) groups excluding carboxylic acids is 1. The van der Waals surface area contributed by atoms with Crippen LogP contribution in [0.3, 0.4) is 0 Å². The van der Waals surface area contributed by atoms with Crippen molar-refractivity contribution in [2.45, 2.75) is 0 Å². The van der Waals surface area contributed by atoms with E-state index in [0.29, 0.717) is 16.0 Å². The van der Waals surface area contributed by atoms with Crippen LogP contribution in [-0.2, 0) is 0 Å². The highest BCUT2D eigenvalue weighted by Gasteiger charge is 2.13. The van der Waals surface area contributed by atoms with Gasteiger partial charge in [0, 0.05) is 17.1 Å². The second-order valence-corrected chi connectivity index (χ2v) is 4.63. The van der Waals surface area contributed by atoms with Crippen LogP contribution in [0.5, 0.6) is 0 Å². The highest BCUT2D eigenvalue weighted by Crippen LogP contribution is 2.19. The molecule has 1 aromatic carbocycles. The highest BCUT2D eigenvalue weighted by molar-refractivity contribution is 9.10. The molecule has 0 amide bonds. The Morgan fingerprint density at radius 2 is 2.00 bits per heavy atom. The van der Waals surface area contributed by atoms with Crippen molar-refractivity contribution in [3.05, 3.63) is 64.7 Å². The minimum Gasteiger partial charge on any atom is -0.446 e. The Morgan fingerprint density at radius 1 is 1.17 bits per heavy atom. The van der Waals surface area contributed by atoms with Crippen LogP contribution in [0.1, 0.15) is 16.1 Å². The molecule has 0 spiro atoms. The molecule has 3 rings (SSSR count). The molecule has 0 aliphatic carbocycles. The van der Waals surface area contributed by atoms with Gasteiger partial charge < -0.3 is 4.42 Å². The summed E-state index contributed by atoms with van der Waals surface area (Å²) in [6.45, 7) is 0. The maximum absolute atomic E-state index is 12.1. The molecule has 0 aliphatic heterocycles. The third kappa shape index (κ3) is 1.95. The van der Waals surface area contributed by atoms with E-state index < -0.39 is 0 Å². The van der Waals surface area contributed by atoms with Crippen LogP contribution < -0.4 is 0 Å². The lowest BCUT2D eigenvalue weighted by atomic mass is 10.1. The van der Waals surface area contributed by atoms with E-state index in [9.17, 15) is 4.79 Å². The van der Waals surface area contributed by atoms with Gasteiger partial charge in [0.2, 0.25) is 5.78 Å². The van der Waals surface area contributed by atoms with Crippen LogP contribution in [0.15, 0.2) is 57.7 Å². The van der Waals surface area contributed by atoms with E-state index in [1.54, 1.807) is 18.3 Å². The predicted molar refractivity (Wildman–Crippen MR) is 71.6 cm³/mol. The van der Waals surface area contributed by atoms with E-state index in [2.05, 4.69) is 20.9 Å². The van der Waals surface area contributed by atoms with E-state index in [-0.39, 0.29) is 5.78 Å². The second kappa shape index (κ2) is 4.38. The lowest BCUT2D eigenvalue weighted by Gasteiger charge is -2.00. The summed E-state index contributed by atoms with van der Waals surface area (Å²) in [5, 5.41) is 0.939. The fourth-order valence-electron chi connectivity index (χ4n) is 1.77. The molecular weight excluding hydrogens is 294 g/mol. The Hall–Kier alpha value is -1.94. The Morgan fingerprint density at radius 3 is 2.78 bits per heavy atom. The summed E-state index contributed by atoms with van der Waals surface area (Å²) in [5.74, 6) is 0.137. The van der Waals surface area contributed by atoms with Gasteiger partial charge in [-0.2, -0.15) is 0 Å². The molecule has 0 saturated carbocycles. The minimum absolute atomic E-state index is 0.168. The minimum atomic E-state index is -0.168. The first-order chi connectivity index (χ1) is 8.74. The van der Waals surface area contributed by atoms with Crippen LogP contribution in [0.4, 0.5) is 0 Å². The van der Waals surface area contributed by atoms with Gasteiger partial charge in [0.05, 0.1) is 5.52 Å². The molecule has 0 saturated heterocycles. The van der Waals surface area contributed by atoms with Gasteiger partial charge in [0.15, 0.2) is 10.4 Å². The van der Waals surface area contributed by atoms with Crippen LogP contribution in [-0.4, -0.2) is 10.8 Å². The lowest BCUT2D eigenvalue weighted by molar-refractivity contribution is 0.101. The number of ketones is 1. The van der Waals surface area contributed by atoms with Crippen LogP contribution in [0, 0.1) is 0 Å². The normalized spacial score (nSPS) is 10.7. The van der Waals surface area contributed by atoms with Crippen molar-refractivity contribution in [1.82, 2.24) is 4.98 Å². The molecule has 3 aromatic rings. The zero-order valence-electron chi connectivity index (χ0n) is 9.26.